The standard InChI is InChI=1S/C18H18F2N4O/c1-10-9-16-21-11(2)13(12(3)24(16)23-10)7-8-17(25)22-15-6-4-5-14(19)18(15)20/h4-6,9H,7-8H2,1-3H3,(H,22,25). The molecular formula is C18H18F2N4O. The summed E-state index contributed by atoms with van der Waals surface area (Å²) in [6, 6.07) is 5.57. The molecule has 0 radical (unpaired) electrons. The number of anilines is 1. The van der Waals surface area contributed by atoms with Crippen molar-refractivity contribution in [1.82, 2.24) is 14.6 Å². The van der Waals surface area contributed by atoms with Gasteiger partial charge in [-0.1, -0.05) is 6.07 Å². The van der Waals surface area contributed by atoms with Crippen molar-refractivity contribution in [3.8, 4) is 0 Å². The summed E-state index contributed by atoms with van der Waals surface area (Å²) in [5, 5.41) is 6.80. The quantitative estimate of drug-likeness (QED) is 0.788. The minimum atomic E-state index is -1.06. The van der Waals surface area contributed by atoms with Crippen LogP contribution in [-0.2, 0) is 11.2 Å². The first-order chi connectivity index (χ1) is 11.9. The first kappa shape index (κ1) is 17.0. The molecule has 25 heavy (non-hydrogen) atoms. The number of benzene rings is 1. The first-order valence-corrected chi connectivity index (χ1v) is 7.93. The molecule has 3 aromatic rings. The molecule has 3 rings (SSSR count). The van der Waals surface area contributed by atoms with Crippen LogP contribution in [0.1, 0.15) is 29.1 Å². The average molecular weight is 344 g/mol. The zero-order valence-electron chi connectivity index (χ0n) is 14.2. The molecule has 0 bridgehead atoms. The van der Waals surface area contributed by atoms with E-state index in [-0.39, 0.29) is 18.0 Å². The molecule has 0 saturated carbocycles. The summed E-state index contributed by atoms with van der Waals surface area (Å²) in [5.74, 6) is -2.44. The summed E-state index contributed by atoms with van der Waals surface area (Å²) in [7, 11) is 0. The molecule has 0 aliphatic heterocycles. The minimum absolute atomic E-state index is 0.130. The monoisotopic (exact) mass is 344 g/mol. The van der Waals surface area contributed by atoms with Gasteiger partial charge in [0, 0.05) is 23.9 Å². The fourth-order valence-corrected chi connectivity index (χ4v) is 2.85. The Morgan fingerprint density at radius 3 is 2.76 bits per heavy atom. The van der Waals surface area contributed by atoms with Gasteiger partial charge in [0.1, 0.15) is 0 Å². The van der Waals surface area contributed by atoms with Crippen LogP contribution < -0.4 is 5.32 Å². The van der Waals surface area contributed by atoms with Gasteiger partial charge in [-0.15, -0.1) is 0 Å². The molecule has 0 aliphatic carbocycles. The highest BCUT2D eigenvalue weighted by atomic mass is 19.2. The number of aromatic nitrogens is 3. The van der Waals surface area contributed by atoms with Crippen LogP contribution in [0.3, 0.4) is 0 Å². The van der Waals surface area contributed by atoms with Gasteiger partial charge in [-0.25, -0.2) is 18.3 Å². The second-order valence-corrected chi connectivity index (χ2v) is 5.97. The van der Waals surface area contributed by atoms with Crippen LogP contribution in [0, 0.1) is 32.4 Å². The normalized spacial score (nSPS) is 11.1. The fourth-order valence-electron chi connectivity index (χ4n) is 2.85. The van der Waals surface area contributed by atoms with Crippen molar-refractivity contribution in [2.45, 2.75) is 33.6 Å². The van der Waals surface area contributed by atoms with Crippen molar-refractivity contribution in [2.75, 3.05) is 5.32 Å². The van der Waals surface area contributed by atoms with Crippen molar-refractivity contribution >= 4 is 17.2 Å². The van der Waals surface area contributed by atoms with E-state index in [4.69, 9.17) is 0 Å². The number of hydrogen-bond donors (Lipinski definition) is 1. The van der Waals surface area contributed by atoms with Gasteiger partial charge >= 0.3 is 0 Å². The molecule has 5 nitrogen and oxygen atoms in total. The van der Waals surface area contributed by atoms with Gasteiger partial charge in [0.05, 0.1) is 11.4 Å². The second-order valence-electron chi connectivity index (χ2n) is 5.97. The molecule has 2 heterocycles. The van der Waals surface area contributed by atoms with Gasteiger partial charge in [0.25, 0.3) is 0 Å². The first-order valence-electron chi connectivity index (χ1n) is 7.93. The molecule has 0 aliphatic rings. The average Bonchev–Trinajstić information content (AvgIpc) is 2.92. The van der Waals surface area contributed by atoms with Crippen LogP contribution in [0.2, 0.25) is 0 Å². The predicted molar refractivity (Wildman–Crippen MR) is 90.5 cm³/mol. The van der Waals surface area contributed by atoms with E-state index in [2.05, 4.69) is 15.4 Å². The van der Waals surface area contributed by atoms with Crippen LogP contribution in [-0.4, -0.2) is 20.5 Å². The lowest BCUT2D eigenvalue weighted by atomic mass is 10.1. The van der Waals surface area contributed by atoms with Crippen LogP contribution in [0.15, 0.2) is 24.3 Å². The number of nitrogens with zero attached hydrogens (tertiary/aromatic N) is 3. The Kier molecular flexibility index (Phi) is 4.48. The lowest BCUT2D eigenvalue weighted by molar-refractivity contribution is -0.116. The molecule has 0 spiro atoms. The van der Waals surface area contributed by atoms with Crippen molar-refractivity contribution in [1.29, 1.82) is 0 Å². The largest absolute Gasteiger partial charge is 0.323 e. The molecule has 2 aromatic heterocycles. The molecular weight excluding hydrogens is 326 g/mol. The molecule has 0 unspecified atom stereocenters. The number of hydrogen-bond acceptors (Lipinski definition) is 3. The number of halogens is 2. The van der Waals surface area contributed by atoms with Crippen LogP contribution in [0.5, 0.6) is 0 Å². The van der Waals surface area contributed by atoms with Gasteiger partial charge in [0.2, 0.25) is 5.91 Å². The van der Waals surface area contributed by atoms with E-state index < -0.39 is 11.6 Å². The topological polar surface area (TPSA) is 59.3 Å². The van der Waals surface area contributed by atoms with E-state index >= 15 is 0 Å². The van der Waals surface area contributed by atoms with Crippen LogP contribution in [0.4, 0.5) is 14.5 Å². The van der Waals surface area contributed by atoms with Gasteiger partial charge < -0.3 is 5.32 Å². The van der Waals surface area contributed by atoms with Gasteiger partial charge in [0.15, 0.2) is 17.3 Å². The zero-order chi connectivity index (χ0) is 18.1. The number of nitrogens with one attached hydrogen (secondary N) is 1. The molecule has 0 fully saturated rings. The predicted octanol–water partition coefficient (Wildman–Crippen LogP) is 3.50. The summed E-state index contributed by atoms with van der Waals surface area (Å²) in [6.45, 7) is 5.70. The summed E-state index contributed by atoms with van der Waals surface area (Å²) in [4.78, 5) is 16.6. The molecule has 0 saturated heterocycles. The lowest BCUT2D eigenvalue weighted by Gasteiger charge is -2.11. The van der Waals surface area contributed by atoms with E-state index in [9.17, 15) is 13.6 Å². The Bertz CT molecular complexity index is 965. The number of rotatable bonds is 4. The maximum atomic E-state index is 13.6. The Hall–Kier alpha value is -2.83. The van der Waals surface area contributed by atoms with E-state index in [0.29, 0.717) is 6.42 Å². The third-order valence-electron chi connectivity index (χ3n) is 4.11. The lowest BCUT2D eigenvalue weighted by Crippen LogP contribution is -2.15. The van der Waals surface area contributed by atoms with Gasteiger partial charge in [-0.3, -0.25) is 4.79 Å². The number of carbonyl (C=O) groups excluding carboxylic acids is 1. The highest BCUT2D eigenvalue weighted by Crippen LogP contribution is 2.19. The Morgan fingerprint density at radius 2 is 2.00 bits per heavy atom. The van der Waals surface area contributed by atoms with Crippen molar-refractivity contribution in [2.24, 2.45) is 0 Å². The third-order valence-corrected chi connectivity index (χ3v) is 4.11. The number of fused-ring (bicyclic) bond motifs is 1. The van der Waals surface area contributed by atoms with E-state index in [1.165, 1.54) is 12.1 Å². The summed E-state index contributed by atoms with van der Waals surface area (Å²) in [6.07, 6.45) is 0.563. The molecule has 7 heteroatoms. The summed E-state index contributed by atoms with van der Waals surface area (Å²) >= 11 is 0. The molecule has 130 valence electrons. The van der Waals surface area contributed by atoms with E-state index in [1.54, 1.807) is 4.52 Å². The Balaban J connectivity index is 1.76. The molecule has 0 atom stereocenters. The maximum Gasteiger partial charge on any atom is 0.224 e. The van der Waals surface area contributed by atoms with Gasteiger partial charge in [-0.05, 0) is 44.9 Å². The number of amides is 1. The smallest absolute Gasteiger partial charge is 0.224 e. The minimum Gasteiger partial charge on any atom is -0.323 e. The fraction of sp³-hybridized carbons (Fsp3) is 0.278. The molecule has 1 amide bonds. The third kappa shape index (κ3) is 3.35. The van der Waals surface area contributed by atoms with Crippen molar-refractivity contribution in [3.63, 3.8) is 0 Å². The van der Waals surface area contributed by atoms with Crippen molar-refractivity contribution in [3.05, 3.63) is 58.5 Å². The second kappa shape index (κ2) is 6.58. The summed E-state index contributed by atoms with van der Waals surface area (Å²) < 4.78 is 28.6. The Labute approximate surface area is 143 Å². The van der Waals surface area contributed by atoms with Crippen LogP contribution >= 0.6 is 0 Å². The van der Waals surface area contributed by atoms with Crippen molar-refractivity contribution < 1.29 is 13.6 Å². The zero-order valence-corrected chi connectivity index (χ0v) is 14.2. The van der Waals surface area contributed by atoms with Gasteiger partial charge in [-0.2, -0.15) is 5.10 Å². The molecule has 1 N–H and O–H groups in total. The highest BCUT2D eigenvalue weighted by molar-refractivity contribution is 5.91. The molecule has 1 aromatic carbocycles. The Morgan fingerprint density at radius 1 is 1.24 bits per heavy atom. The summed E-state index contributed by atoms with van der Waals surface area (Å²) in [5.41, 5.74) is 4.14. The number of aryl methyl sites for hydroxylation is 3. The van der Waals surface area contributed by atoms with E-state index in [0.717, 1.165) is 34.4 Å². The number of carbonyl (C=O) groups is 1. The highest BCUT2D eigenvalue weighted by Gasteiger charge is 2.14. The van der Waals surface area contributed by atoms with E-state index in [1.807, 2.05) is 26.8 Å². The maximum absolute atomic E-state index is 13.6. The SMILES string of the molecule is Cc1cc2nc(C)c(CCC(=O)Nc3cccc(F)c3F)c(C)n2n1. The van der Waals surface area contributed by atoms with Crippen LogP contribution in [0.25, 0.3) is 5.65 Å².